The number of hydrogen-bond donors (Lipinski definition) is 5. The van der Waals surface area contributed by atoms with Crippen LogP contribution >= 0.6 is 11.6 Å². The average molecular weight is 844 g/mol. The minimum absolute atomic E-state index is 0.0160. The molecular formula is C43H42ClN3O13. The standard InChI is InChI=1S/C43H42ClN3O13/c1-21-39(52)46-34-26(17-25(54-6)18-30(34)56-21)40(53)57-31-20-55-33(49)19-28(45)23-15-27(44)37(29(48)16-23)58-32-11-7-9-22(31)12-13-24-10-8-14-43(24,32)60-41-36(51)35(50)38(47(4)5)42(2,3)59-41/h8-10,14-18,28,31-32,35-36,38,41,48,50-51H,1,19-20,45H2,2-6H3,(H,46,52)/b22-9+/t28?,31-,32+,35?,36?,38?,41?,43?/m0/s1. The fourth-order valence-corrected chi connectivity index (χ4v) is 7.88. The third-order valence-corrected chi connectivity index (χ3v) is 10.8. The SMILES string of the molecule is C=C1Oc2cc(OC)cc(C(=O)O[C@H]3COC(=O)CC(N)c4cc(O)c(c(Cl)c4)O[C@@H]4C#C/C=C/3C#CC3=CC=CC34OC3OC(C)(C)C(N(C)C)C(O)C3O)c2NC1=O. The smallest absolute Gasteiger partial charge is 0.341 e. The van der Waals surface area contributed by atoms with Crippen LogP contribution in [-0.4, -0.2) is 114 Å². The van der Waals surface area contributed by atoms with E-state index in [-0.39, 0.29) is 62.4 Å². The molecule has 6 unspecified atom stereocenters. The van der Waals surface area contributed by atoms with Crippen LogP contribution in [0.2, 0.25) is 5.02 Å². The number of allylic oxidation sites excluding steroid dienone is 3. The Labute approximate surface area is 350 Å². The van der Waals surface area contributed by atoms with E-state index < -0.39 is 84.2 Å². The first kappa shape index (κ1) is 42.3. The van der Waals surface area contributed by atoms with Gasteiger partial charge < -0.3 is 64.4 Å². The number of likely N-dealkylation sites (N-methyl/N-ethyl adjacent to an activating group) is 1. The molecule has 1 fully saturated rings. The van der Waals surface area contributed by atoms with Crippen LogP contribution in [0, 0.1) is 23.7 Å². The lowest BCUT2D eigenvalue weighted by atomic mass is 9.85. The van der Waals surface area contributed by atoms with Gasteiger partial charge in [0, 0.05) is 23.8 Å². The summed E-state index contributed by atoms with van der Waals surface area (Å²) >= 11 is 6.70. The second-order valence-electron chi connectivity index (χ2n) is 15.2. The molecule has 314 valence electrons. The molecular weight excluding hydrogens is 802 g/mol. The van der Waals surface area contributed by atoms with Crippen LogP contribution in [0.5, 0.6) is 23.0 Å². The maximum atomic E-state index is 14.1. The highest BCUT2D eigenvalue weighted by Gasteiger charge is 2.55. The average Bonchev–Trinajstić information content (AvgIpc) is 3.60. The van der Waals surface area contributed by atoms with E-state index in [4.69, 9.17) is 50.5 Å². The number of aliphatic hydroxyl groups is 2. The number of nitrogens with two attached hydrogens (primary N) is 1. The van der Waals surface area contributed by atoms with Gasteiger partial charge in [0.25, 0.3) is 5.91 Å². The van der Waals surface area contributed by atoms with Crippen molar-refractivity contribution in [2.45, 2.75) is 74.3 Å². The highest BCUT2D eigenvalue weighted by Crippen LogP contribution is 2.44. The number of hydrogen-bond acceptors (Lipinski definition) is 15. The lowest BCUT2D eigenvalue weighted by molar-refractivity contribution is -0.329. The number of aromatic hydroxyl groups is 1. The number of phenolic OH excluding ortho intramolecular Hbond substituents is 1. The quantitative estimate of drug-likeness (QED) is 0.161. The van der Waals surface area contributed by atoms with Crippen molar-refractivity contribution in [1.29, 1.82) is 0 Å². The summed E-state index contributed by atoms with van der Waals surface area (Å²) in [5.74, 6) is 8.83. The lowest BCUT2D eigenvalue weighted by Gasteiger charge is -2.51. The van der Waals surface area contributed by atoms with Crippen molar-refractivity contribution in [2.75, 3.05) is 33.1 Å². The number of anilines is 1. The molecule has 17 heteroatoms. The highest BCUT2D eigenvalue weighted by molar-refractivity contribution is 6.32. The molecule has 8 rings (SSSR count). The molecule has 1 saturated heterocycles. The third-order valence-electron chi connectivity index (χ3n) is 10.5. The maximum Gasteiger partial charge on any atom is 0.341 e. The van der Waals surface area contributed by atoms with Crippen molar-refractivity contribution in [1.82, 2.24) is 4.90 Å². The molecule has 2 aliphatic carbocycles. The number of aliphatic hydroxyl groups excluding tert-OH is 2. The molecule has 6 N–H and O–H groups in total. The molecule has 2 aromatic rings. The van der Waals surface area contributed by atoms with E-state index in [1.165, 1.54) is 37.5 Å². The van der Waals surface area contributed by atoms with E-state index >= 15 is 0 Å². The number of fused-ring (bicyclic) bond motifs is 9. The van der Waals surface area contributed by atoms with Crippen LogP contribution in [0.1, 0.15) is 42.2 Å². The zero-order valence-electron chi connectivity index (χ0n) is 33.1. The first-order valence-electron chi connectivity index (χ1n) is 18.6. The number of nitrogens with one attached hydrogen (secondary N) is 1. The zero-order chi connectivity index (χ0) is 43.3. The van der Waals surface area contributed by atoms with Crippen LogP contribution < -0.4 is 25.3 Å². The maximum absolute atomic E-state index is 14.1. The Morgan fingerprint density at radius 1 is 1.13 bits per heavy atom. The normalized spacial score (nSPS) is 29.9. The molecule has 4 aliphatic heterocycles. The molecule has 1 amide bonds. The summed E-state index contributed by atoms with van der Waals surface area (Å²) in [5, 5.41) is 36.6. The van der Waals surface area contributed by atoms with Gasteiger partial charge in [0.05, 0.1) is 47.0 Å². The van der Waals surface area contributed by atoms with Crippen molar-refractivity contribution in [3.63, 3.8) is 0 Å². The molecule has 2 aromatic carbocycles. The van der Waals surface area contributed by atoms with E-state index in [1.807, 2.05) is 0 Å². The Bertz CT molecular complexity index is 2360. The summed E-state index contributed by atoms with van der Waals surface area (Å²) in [6, 6.07) is 3.83. The predicted octanol–water partition coefficient (Wildman–Crippen LogP) is 2.80. The summed E-state index contributed by atoms with van der Waals surface area (Å²) in [6.07, 6.45) is -1.46. The number of carbonyl (C=O) groups is 3. The van der Waals surface area contributed by atoms with Crippen LogP contribution in [0.3, 0.4) is 0 Å². The number of rotatable bonds is 6. The number of carbonyl (C=O) groups excluding carboxylic acids is 3. The topological polar surface area (TPSA) is 218 Å². The van der Waals surface area contributed by atoms with Gasteiger partial charge >= 0.3 is 11.9 Å². The number of ether oxygens (including phenoxy) is 7. The van der Waals surface area contributed by atoms with Crippen LogP contribution in [0.15, 0.2) is 72.1 Å². The summed E-state index contributed by atoms with van der Waals surface area (Å²) in [4.78, 5) is 41.6. The van der Waals surface area contributed by atoms with Crippen LogP contribution in [0.25, 0.3) is 0 Å². The van der Waals surface area contributed by atoms with Gasteiger partial charge in [0.2, 0.25) is 0 Å². The van der Waals surface area contributed by atoms with Gasteiger partial charge in [0.15, 0.2) is 47.1 Å². The van der Waals surface area contributed by atoms with Crippen LogP contribution in [0.4, 0.5) is 5.69 Å². The third kappa shape index (κ3) is 7.94. The molecule has 60 heavy (non-hydrogen) atoms. The number of methoxy groups -OCH3 is 1. The minimum Gasteiger partial charge on any atom is -0.504 e. The number of amides is 1. The summed E-state index contributed by atoms with van der Waals surface area (Å²) in [7, 11) is 4.87. The molecule has 0 saturated carbocycles. The fraction of sp³-hybridized carbons (Fsp3) is 0.372. The molecule has 16 nitrogen and oxygen atoms in total. The predicted molar refractivity (Wildman–Crippen MR) is 214 cm³/mol. The lowest BCUT2D eigenvalue weighted by Crippen LogP contribution is -2.68. The molecule has 8 atom stereocenters. The molecule has 4 heterocycles. The molecule has 6 aliphatic rings. The van der Waals surface area contributed by atoms with Crippen molar-refractivity contribution in [3.05, 3.63) is 88.2 Å². The Morgan fingerprint density at radius 2 is 1.90 bits per heavy atom. The number of halogens is 1. The van der Waals surface area contributed by atoms with Gasteiger partial charge in [0.1, 0.15) is 24.6 Å². The van der Waals surface area contributed by atoms with Crippen molar-refractivity contribution >= 4 is 35.1 Å². The Balaban J connectivity index is 1.34. The first-order chi connectivity index (χ1) is 28.4. The van der Waals surface area contributed by atoms with Gasteiger partial charge in [-0.05, 0) is 69.8 Å². The highest BCUT2D eigenvalue weighted by atomic mass is 35.5. The van der Waals surface area contributed by atoms with E-state index in [0.29, 0.717) is 0 Å². The second-order valence-corrected chi connectivity index (χ2v) is 15.6. The van der Waals surface area contributed by atoms with Crippen LogP contribution in [-0.2, 0) is 28.5 Å². The summed E-state index contributed by atoms with van der Waals surface area (Å²) in [6.45, 7) is 6.50. The number of benzene rings is 2. The van der Waals surface area contributed by atoms with Gasteiger partial charge in [-0.15, -0.1) is 0 Å². The Hall–Kier alpha value is -5.82. The Morgan fingerprint density at radius 3 is 2.62 bits per heavy atom. The first-order valence-corrected chi connectivity index (χ1v) is 19.0. The molecule has 4 bridgehead atoms. The van der Waals surface area contributed by atoms with Gasteiger partial charge in [-0.25, -0.2) is 4.79 Å². The summed E-state index contributed by atoms with van der Waals surface area (Å²) in [5.41, 5.74) is 3.86. The number of esters is 2. The van der Waals surface area contributed by atoms with Crippen molar-refractivity contribution < 1.29 is 62.9 Å². The monoisotopic (exact) mass is 843 g/mol. The van der Waals surface area contributed by atoms with Gasteiger partial charge in [-0.3, -0.25) is 9.59 Å². The molecule has 0 aromatic heterocycles. The zero-order valence-corrected chi connectivity index (χ0v) is 33.9. The minimum atomic E-state index is -1.80. The molecule has 0 spiro atoms. The van der Waals surface area contributed by atoms with E-state index in [0.717, 1.165) is 0 Å². The van der Waals surface area contributed by atoms with E-state index in [2.05, 4.69) is 35.6 Å². The second kappa shape index (κ2) is 16.3. The Kier molecular flexibility index (Phi) is 11.5. The van der Waals surface area contributed by atoms with Crippen molar-refractivity contribution in [3.8, 4) is 46.7 Å². The largest absolute Gasteiger partial charge is 0.504 e. The van der Waals surface area contributed by atoms with Gasteiger partial charge in [-0.2, -0.15) is 0 Å². The molecule has 0 radical (unpaired) electrons. The number of nitrogens with zero attached hydrogens (tertiary/aromatic N) is 1. The fourth-order valence-electron chi connectivity index (χ4n) is 7.61. The summed E-state index contributed by atoms with van der Waals surface area (Å²) < 4.78 is 41.9. The van der Waals surface area contributed by atoms with Crippen molar-refractivity contribution in [2.24, 2.45) is 5.73 Å². The van der Waals surface area contributed by atoms with E-state index in [1.54, 1.807) is 51.1 Å². The van der Waals surface area contributed by atoms with Gasteiger partial charge in [-0.1, -0.05) is 42.0 Å². The number of phenols is 1. The van der Waals surface area contributed by atoms with E-state index in [9.17, 15) is 29.7 Å².